The summed E-state index contributed by atoms with van der Waals surface area (Å²) in [5.74, 6) is 0. The van der Waals surface area contributed by atoms with Crippen molar-refractivity contribution in [2.45, 2.75) is 25.3 Å². The molecule has 1 aromatic heterocycles. The first-order chi connectivity index (χ1) is 9.18. The zero-order valence-corrected chi connectivity index (χ0v) is 11.0. The minimum atomic E-state index is -0.186. The molecule has 1 heterocycles. The van der Waals surface area contributed by atoms with Gasteiger partial charge in [-0.25, -0.2) is 4.79 Å². The molecule has 1 aromatic carbocycles. The van der Waals surface area contributed by atoms with Crippen LogP contribution in [-0.4, -0.2) is 28.7 Å². The summed E-state index contributed by atoms with van der Waals surface area (Å²) in [7, 11) is 1.92. The van der Waals surface area contributed by atoms with Crippen molar-refractivity contribution in [3.8, 4) is 0 Å². The van der Waals surface area contributed by atoms with Gasteiger partial charge in [0, 0.05) is 11.5 Å². The van der Waals surface area contributed by atoms with E-state index in [4.69, 9.17) is 0 Å². The molecular formula is C14H19N3O2. The number of nitrogens with one attached hydrogen (secondary N) is 3. The van der Waals surface area contributed by atoms with Crippen LogP contribution in [-0.2, 0) is 0 Å². The molecule has 1 aliphatic rings. The van der Waals surface area contributed by atoms with Gasteiger partial charge in [0.15, 0.2) is 0 Å². The van der Waals surface area contributed by atoms with Crippen LogP contribution < -0.4 is 11.0 Å². The number of hydrogen-bond donors (Lipinski definition) is 4. The summed E-state index contributed by atoms with van der Waals surface area (Å²) in [6, 6.07) is 6.04. The first kappa shape index (κ1) is 12.4. The van der Waals surface area contributed by atoms with Crippen molar-refractivity contribution >= 4 is 11.0 Å². The van der Waals surface area contributed by atoms with Crippen LogP contribution in [0.15, 0.2) is 23.0 Å². The Balaban J connectivity index is 2.03. The van der Waals surface area contributed by atoms with E-state index in [0.717, 1.165) is 29.4 Å². The number of hydrogen-bond acceptors (Lipinski definition) is 3. The van der Waals surface area contributed by atoms with Gasteiger partial charge in [0.2, 0.25) is 0 Å². The zero-order chi connectivity index (χ0) is 13.5. The average molecular weight is 261 g/mol. The van der Waals surface area contributed by atoms with Crippen LogP contribution in [0.4, 0.5) is 0 Å². The fourth-order valence-electron chi connectivity index (χ4n) is 3.23. The van der Waals surface area contributed by atoms with E-state index in [1.165, 1.54) is 6.42 Å². The van der Waals surface area contributed by atoms with E-state index in [2.05, 4.69) is 15.3 Å². The highest BCUT2D eigenvalue weighted by Gasteiger charge is 2.43. The molecule has 5 nitrogen and oxygen atoms in total. The molecule has 0 bridgehead atoms. The molecule has 0 spiro atoms. The minimum absolute atomic E-state index is 0.0565. The van der Waals surface area contributed by atoms with Crippen molar-refractivity contribution in [2.24, 2.45) is 5.41 Å². The maximum absolute atomic E-state index is 11.3. The third kappa shape index (κ3) is 1.89. The number of aliphatic hydroxyl groups is 1. The Labute approximate surface area is 111 Å². The second-order valence-electron chi connectivity index (χ2n) is 5.48. The number of aliphatic hydroxyl groups excluding tert-OH is 1. The molecule has 19 heavy (non-hydrogen) atoms. The smallest absolute Gasteiger partial charge is 0.323 e. The molecule has 4 N–H and O–H groups in total. The third-order valence-corrected chi connectivity index (χ3v) is 4.44. The standard InChI is InChI=1S/C14H19N3O2/c1-15-12(14(8-18)5-2-6-14)9-3-4-10-11(7-9)17-13(19)16-10/h3-4,7,12,15,18H,2,5-6,8H2,1H3,(H2,16,17,19). The van der Waals surface area contributed by atoms with Gasteiger partial charge in [-0.15, -0.1) is 0 Å². The zero-order valence-electron chi connectivity index (χ0n) is 11.0. The molecule has 0 amide bonds. The highest BCUT2D eigenvalue weighted by Crippen LogP contribution is 2.49. The van der Waals surface area contributed by atoms with Gasteiger partial charge in [0.25, 0.3) is 0 Å². The molecule has 0 aliphatic heterocycles. The lowest BCUT2D eigenvalue weighted by molar-refractivity contribution is 0.00787. The highest BCUT2D eigenvalue weighted by atomic mass is 16.3. The Kier molecular flexibility index (Phi) is 2.95. The summed E-state index contributed by atoms with van der Waals surface area (Å²) in [6.45, 7) is 0.195. The molecule has 2 aromatic rings. The topological polar surface area (TPSA) is 80.9 Å². The van der Waals surface area contributed by atoms with E-state index in [-0.39, 0.29) is 23.8 Å². The maximum Gasteiger partial charge on any atom is 0.323 e. The Morgan fingerprint density at radius 3 is 2.68 bits per heavy atom. The van der Waals surface area contributed by atoms with Crippen molar-refractivity contribution in [3.63, 3.8) is 0 Å². The van der Waals surface area contributed by atoms with Crippen molar-refractivity contribution in [1.82, 2.24) is 15.3 Å². The molecule has 0 radical (unpaired) electrons. The van der Waals surface area contributed by atoms with Crippen LogP contribution in [0.5, 0.6) is 0 Å². The van der Waals surface area contributed by atoms with Gasteiger partial charge in [-0.1, -0.05) is 12.5 Å². The molecule has 1 fully saturated rings. The lowest BCUT2D eigenvalue weighted by Gasteiger charge is -2.46. The number of fused-ring (bicyclic) bond motifs is 1. The van der Waals surface area contributed by atoms with Crippen LogP contribution in [0.1, 0.15) is 30.9 Å². The van der Waals surface area contributed by atoms with Gasteiger partial charge >= 0.3 is 5.69 Å². The fourth-order valence-corrected chi connectivity index (χ4v) is 3.23. The molecule has 3 rings (SSSR count). The summed E-state index contributed by atoms with van der Waals surface area (Å²) in [5.41, 5.74) is 2.50. The minimum Gasteiger partial charge on any atom is -0.396 e. The largest absolute Gasteiger partial charge is 0.396 e. The van der Waals surface area contributed by atoms with E-state index in [9.17, 15) is 9.90 Å². The van der Waals surface area contributed by atoms with Crippen LogP contribution >= 0.6 is 0 Å². The first-order valence-corrected chi connectivity index (χ1v) is 6.69. The molecule has 1 aliphatic carbocycles. The lowest BCUT2D eigenvalue weighted by Crippen LogP contribution is -2.44. The van der Waals surface area contributed by atoms with Crippen LogP contribution in [0, 0.1) is 5.41 Å². The van der Waals surface area contributed by atoms with E-state index >= 15 is 0 Å². The van der Waals surface area contributed by atoms with Gasteiger partial charge in [0.1, 0.15) is 0 Å². The number of aromatic nitrogens is 2. The summed E-state index contributed by atoms with van der Waals surface area (Å²) < 4.78 is 0. The van der Waals surface area contributed by atoms with Crippen molar-refractivity contribution in [2.75, 3.05) is 13.7 Å². The van der Waals surface area contributed by atoms with Crippen LogP contribution in [0.25, 0.3) is 11.0 Å². The number of benzene rings is 1. The normalized spacial score (nSPS) is 19.3. The quantitative estimate of drug-likeness (QED) is 0.669. The van der Waals surface area contributed by atoms with Gasteiger partial charge in [-0.3, -0.25) is 0 Å². The Bertz CT molecular complexity index is 634. The van der Waals surface area contributed by atoms with Crippen LogP contribution in [0.3, 0.4) is 0 Å². The number of aromatic amines is 2. The van der Waals surface area contributed by atoms with Crippen molar-refractivity contribution in [1.29, 1.82) is 0 Å². The first-order valence-electron chi connectivity index (χ1n) is 6.69. The van der Waals surface area contributed by atoms with E-state index in [1.807, 2.05) is 25.2 Å². The fraction of sp³-hybridized carbons (Fsp3) is 0.500. The monoisotopic (exact) mass is 261 g/mol. The van der Waals surface area contributed by atoms with E-state index in [0.29, 0.717) is 0 Å². The number of H-pyrrole nitrogens is 2. The highest BCUT2D eigenvalue weighted by molar-refractivity contribution is 5.75. The summed E-state index contributed by atoms with van der Waals surface area (Å²) in [5, 5.41) is 13.0. The third-order valence-electron chi connectivity index (χ3n) is 4.44. The Hall–Kier alpha value is -1.59. The van der Waals surface area contributed by atoms with Crippen molar-refractivity contribution < 1.29 is 5.11 Å². The molecular weight excluding hydrogens is 242 g/mol. The predicted octanol–water partition coefficient (Wildman–Crippen LogP) is 1.28. The molecule has 1 atom stereocenters. The summed E-state index contributed by atoms with van der Waals surface area (Å²) in [6.07, 6.45) is 3.25. The van der Waals surface area contributed by atoms with Gasteiger partial charge in [0.05, 0.1) is 17.6 Å². The Morgan fingerprint density at radius 1 is 1.37 bits per heavy atom. The summed E-state index contributed by atoms with van der Waals surface area (Å²) in [4.78, 5) is 16.8. The van der Waals surface area contributed by atoms with Crippen LogP contribution in [0.2, 0.25) is 0 Å². The average Bonchev–Trinajstić information content (AvgIpc) is 2.72. The number of rotatable bonds is 4. The molecule has 1 saturated carbocycles. The second-order valence-corrected chi connectivity index (χ2v) is 5.48. The molecule has 5 heteroatoms. The second kappa shape index (κ2) is 4.51. The maximum atomic E-state index is 11.3. The molecule has 102 valence electrons. The van der Waals surface area contributed by atoms with Gasteiger partial charge in [-0.2, -0.15) is 0 Å². The Morgan fingerprint density at radius 2 is 2.11 bits per heavy atom. The molecule has 1 unspecified atom stereocenters. The predicted molar refractivity (Wildman–Crippen MR) is 74.1 cm³/mol. The van der Waals surface area contributed by atoms with Gasteiger partial charge in [-0.05, 0) is 37.6 Å². The lowest BCUT2D eigenvalue weighted by atomic mass is 9.63. The summed E-state index contributed by atoms with van der Waals surface area (Å²) >= 11 is 0. The number of imidazole rings is 1. The van der Waals surface area contributed by atoms with E-state index < -0.39 is 0 Å². The van der Waals surface area contributed by atoms with E-state index in [1.54, 1.807) is 0 Å². The SMILES string of the molecule is CNC(c1ccc2[nH]c(=O)[nH]c2c1)C1(CO)CCC1. The van der Waals surface area contributed by atoms with Gasteiger partial charge < -0.3 is 20.4 Å². The van der Waals surface area contributed by atoms with Crippen molar-refractivity contribution in [3.05, 3.63) is 34.2 Å². The molecule has 0 saturated heterocycles.